The van der Waals surface area contributed by atoms with E-state index < -0.39 is 0 Å². The van der Waals surface area contributed by atoms with Gasteiger partial charge in [-0.15, -0.1) is 0 Å². The summed E-state index contributed by atoms with van der Waals surface area (Å²) < 4.78 is 0. The maximum Gasteiger partial charge on any atom is 0.222 e. The third-order valence-electron chi connectivity index (χ3n) is 3.23. The fraction of sp³-hybridized carbons (Fsp3) is 0.500. The second kappa shape index (κ2) is 5.21. The lowest BCUT2D eigenvalue weighted by molar-refractivity contribution is -0.130. The minimum atomic E-state index is 0.235. The maximum atomic E-state index is 11.9. The molecule has 0 aliphatic heterocycles. The van der Waals surface area contributed by atoms with Crippen molar-refractivity contribution in [3.05, 3.63) is 29.8 Å². The number of anilines is 1. The Bertz CT molecular complexity index is 399. The second-order valence-corrected chi connectivity index (χ2v) is 4.96. The number of benzene rings is 1. The number of nitrogens with two attached hydrogens (primary N) is 1. The quantitative estimate of drug-likeness (QED) is 0.790. The smallest absolute Gasteiger partial charge is 0.222 e. The molecule has 0 unspecified atom stereocenters. The van der Waals surface area contributed by atoms with Gasteiger partial charge in [-0.25, -0.2) is 0 Å². The molecule has 17 heavy (non-hydrogen) atoms. The summed E-state index contributed by atoms with van der Waals surface area (Å²) in [6.45, 7) is 0.926. The highest BCUT2D eigenvalue weighted by Crippen LogP contribution is 2.29. The van der Waals surface area contributed by atoms with Crippen LogP contribution in [0.25, 0.3) is 0 Å². The lowest BCUT2D eigenvalue weighted by atomic mass is 10.1. The molecule has 0 bridgehead atoms. The van der Waals surface area contributed by atoms with Gasteiger partial charge in [0.25, 0.3) is 0 Å². The van der Waals surface area contributed by atoms with Gasteiger partial charge < -0.3 is 10.6 Å². The molecule has 3 nitrogen and oxygen atoms in total. The molecule has 1 aliphatic carbocycles. The summed E-state index contributed by atoms with van der Waals surface area (Å²) in [5.74, 6) is 0.996. The third kappa shape index (κ3) is 3.77. The van der Waals surface area contributed by atoms with Crippen molar-refractivity contribution in [2.24, 2.45) is 5.92 Å². The first kappa shape index (κ1) is 12.0. The SMILES string of the molecule is CN(CC1CC1)C(=O)CCc1cccc(N)c1. The van der Waals surface area contributed by atoms with E-state index in [1.807, 2.05) is 36.2 Å². The van der Waals surface area contributed by atoms with Gasteiger partial charge in [0.15, 0.2) is 0 Å². The number of aryl methyl sites for hydroxylation is 1. The molecule has 0 aromatic heterocycles. The van der Waals surface area contributed by atoms with Crippen molar-refractivity contribution in [3.8, 4) is 0 Å². The van der Waals surface area contributed by atoms with Gasteiger partial charge in [0, 0.05) is 25.7 Å². The Kier molecular flexibility index (Phi) is 3.67. The number of carbonyl (C=O) groups is 1. The summed E-state index contributed by atoms with van der Waals surface area (Å²) in [6.07, 6.45) is 3.92. The summed E-state index contributed by atoms with van der Waals surface area (Å²) in [5, 5.41) is 0. The van der Waals surface area contributed by atoms with Crippen molar-refractivity contribution in [1.29, 1.82) is 0 Å². The average molecular weight is 232 g/mol. The summed E-state index contributed by atoms with van der Waals surface area (Å²) >= 11 is 0. The Morgan fingerprint density at radius 1 is 1.47 bits per heavy atom. The van der Waals surface area contributed by atoms with Crippen molar-refractivity contribution < 1.29 is 4.79 Å². The van der Waals surface area contributed by atoms with Crippen molar-refractivity contribution in [1.82, 2.24) is 4.90 Å². The first-order valence-electron chi connectivity index (χ1n) is 6.23. The first-order chi connectivity index (χ1) is 8.15. The molecule has 0 atom stereocenters. The van der Waals surface area contributed by atoms with Gasteiger partial charge in [-0.3, -0.25) is 4.79 Å². The van der Waals surface area contributed by atoms with Gasteiger partial charge >= 0.3 is 0 Å². The van der Waals surface area contributed by atoms with Gasteiger partial charge in [-0.05, 0) is 42.9 Å². The highest BCUT2D eigenvalue weighted by atomic mass is 16.2. The van der Waals surface area contributed by atoms with Crippen molar-refractivity contribution >= 4 is 11.6 Å². The van der Waals surface area contributed by atoms with Crippen molar-refractivity contribution in [2.75, 3.05) is 19.3 Å². The van der Waals surface area contributed by atoms with Crippen molar-refractivity contribution in [2.45, 2.75) is 25.7 Å². The molecule has 92 valence electrons. The van der Waals surface area contributed by atoms with E-state index in [1.54, 1.807) is 0 Å². The molecule has 0 spiro atoms. The minimum Gasteiger partial charge on any atom is -0.399 e. The summed E-state index contributed by atoms with van der Waals surface area (Å²) in [4.78, 5) is 13.7. The molecule has 0 heterocycles. The van der Waals surface area contributed by atoms with Crippen LogP contribution in [0.1, 0.15) is 24.8 Å². The van der Waals surface area contributed by atoms with Crippen LogP contribution in [-0.2, 0) is 11.2 Å². The monoisotopic (exact) mass is 232 g/mol. The molecule has 1 saturated carbocycles. The Morgan fingerprint density at radius 2 is 2.24 bits per heavy atom. The van der Waals surface area contributed by atoms with Crippen LogP contribution in [0.2, 0.25) is 0 Å². The molecule has 2 N–H and O–H groups in total. The fourth-order valence-electron chi connectivity index (χ4n) is 1.98. The van der Waals surface area contributed by atoms with Gasteiger partial charge in [-0.2, -0.15) is 0 Å². The van der Waals surface area contributed by atoms with Gasteiger partial charge in [-0.1, -0.05) is 12.1 Å². The number of hydrogen-bond acceptors (Lipinski definition) is 2. The van der Waals surface area contributed by atoms with Crippen LogP contribution in [0.4, 0.5) is 5.69 Å². The van der Waals surface area contributed by atoms with E-state index in [-0.39, 0.29) is 5.91 Å². The summed E-state index contributed by atoms with van der Waals surface area (Å²) in [5.41, 5.74) is 7.61. The number of hydrogen-bond donors (Lipinski definition) is 1. The van der Waals surface area contributed by atoms with Crippen LogP contribution in [0.5, 0.6) is 0 Å². The average Bonchev–Trinajstić information content (AvgIpc) is 3.10. The van der Waals surface area contributed by atoms with Crippen LogP contribution < -0.4 is 5.73 Å². The molecule has 1 amide bonds. The molecule has 2 rings (SSSR count). The molecular formula is C14H20N2O. The van der Waals surface area contributed by atoms with Crippen molar-refractivity contribution in [3.63, 3.8) is 0 Å². The first-order valence-corrected chi connectivity index (χ1v) is 6.23. The van der Waals surface area contributed by atoms with Crippen LogP contribution in [-0.4, -0.2) is 24.4 Å². The lowest BCUT2D eigenvalue weighted by Gasteiger charge is -2.16. The number of nitrogen functional groups attached to an aromatic ring is 1. The van der Waals surface area contributed by atoms with Crippen LogP contribution in [0.15, 0.2) is 24.3 Å². The largest absolute Gasteiger partial charge is 0.399 e. The standard InChI is InChI=1S/C14H20N2O/c1-16(10-12-5-6-12)14(17)8-7-11-3-2-4-13(15)9-11/h2-4,9,12H,5-8,10,15H2,1H3. The fourth-order valence-corrected chi connectivity index (χ4v) is 1.98. The summed E-state index contributed by atoms with van der Waals surface area (Å²) in [7, 11) is 1.90. The number of rotatable bonds is 5. The zero-order valence-electron chi connectivity index (χ0n) is 10.4. The molecule has 1 fully saturated rings. The predicted molar refractivity (Wildman–Crippen MR) is 69.5 cm³/mol. The molecule has 0 radical (unpaired) electrons. The minimum absolute atomic E-state index is 0.235. The zero-order valence-corrected chi connectivity index (χ0v) is 10.4. The molecular weight excluding hydrogens is 212 g/mol. The van der Waals surface area contributed by atoms with Crippen LogP contribution in [0, 0.1) is 5.92 Å². The Balaban J connectivity index is 1.78. The van der Waals surface area contributed by atoms with Crippen LogP contribution >= 0.6 is 0 Å². The van der Waals surface area contributed by atoms with E-state index in [4.69, 9.17) is 5.73 Å². The zero-order chi connectivity index (χ0) is 12.3. The number of carbonyl (C=O) groups excluding carboxylic acids is 1. The van der Waals surface area contributed by atoms with Crippen LogP contribution in [0.3, 0.4) is 0 Å². The topological polar surface area (TPSA) is 46.3 Å². The van der Waals surface area contributed by atoms with Gasteiger partial charge in [0.1, 0.15) is 0 Å². The number of nitrogens with zero attached hydrogens (tertiary/aromatic N) is 1. The van der Waals surface area contributed by atoms with E-state index in [0.717, 1.165) is 30.1 Å². The number of amides is 1. The third-order valence-corrected chi connectivity index (χ3v) is 3.23. The van der Waals surface area contributed by atoms with E-state index in [0.29, 0.717) is 6.42 Å². The Labute approximate surface area is 103 Å². The molecule has 1 aromatic carbocycles. The van der Waals surface area contributed by atoms with E-state index in [2.05, 4.69) is 0 Å². The van der Waals surface area contributed by atoms with Gasteiger partial charge in [0.05, 0.1) is 0 Å². The molecule has 0 saturated heterocycles. The lowest BCUT2D eigenvalue weighted by Crippen LogP contribution is -2.28. The van der Waals surface area contributed by atoms with E-state index in [9.17, 15) is 4.79 Å². The van der Waals surface area contributed by atoms with E-state index >= 15 is 0 Å². The Hall–Kier alpha value is -1.51. The predicted octanol–water partition coefficient (Wildman–Crippen LogP) is 2.07. The second-order valence-electron chi connectivity index (χ2n) is 4.96. The molecule has 1 aromatic rings. The highest BCUT2D eigenvalue weighted by molar-refractivity contribution is 5.76. The normalized spacial score (nSPS) is 14.6. The molecule has 1 aliphatic rings. The Morgan fingerprint density at radius 3 is 2.88 bits per heavy atom. The van der Waals surface area contributed by atoms with Gasteiger partial charge in [0.2, 0.25) is 5.91 Å². The highest BCUT2D eigenvalue weighted by Gasteiger charge is 2.24. The summed E-state index contributed by atoms with van der Waals surface area (Å²) in [6, 6.07) is 7.76. The van der Waals surface area contributed by atoms with E-state index in [1.165, 1.54) is 12.8 Å². The maximum absolute atomic E-state index is 11.9. The molecule has 3 heteroatoms.